The maximum atomic E-state index is 4.15. The van der Waals surface area contributed by atoms with Gasteiger partial charge in [0, 0.05) is 36.9 Å². The molecule has 33 heavy (non-hydrogen) atoms. The molecule has 0 bridgehead atoms. The summed E-state index contributed by atoms with van der Waals surface area (Å²) in [5.74, 6) is 0.906. The Labute approximate surface area is 200 Å². The second kappa shape index (κ2) is 12.0. The van der Waals surface area contributed by atoms with E-state index in [2.05, 4.69) is 75.4 Å². The lowest BCUT2D eigenvalue weighted by atomic mass is 9.90. The molecular weight excluding hydrogens is 402 g/mol. The number of fused-ring (bicyclic) bond motifs is 1. The van der Waals surface area contributed by atoms with E-state index in [1.54, 1.807) is 0 Å². The first kappa shape index (κ1) is 23.5. The topological polar surface area (TPSA) is 19.4 Å². The molecule has 0 atom stereocenters. The van der Waals surface area contributed by atoms with Crippen LogP contribution in [0.4, 0.5) is 11.4 Å². The van der Waals surface area contributed by atoms with E-state index in [1.165, 1.54) is 73.3 Å². The number of likely N-dealkylation sites (tertiary alicyclic amines) is 1. The highest BCUT2D eigenvalue weighted by atomic mass is 15.2. The Bertz CT molecular complexity index is 962. The van der Waals surface area contributed by atoms with Gasteiger partial charge in [0.15, 0.2) is 0 Å². The fourth-order valence-corrected chi connectivity index (χ4v) is 5.27. The van der Waals surface area contributed by atoms with Gasteiger partial charge in [0.1, 0.15) is 0 Å². The number of aryl methyl sites for hydroxylation is 1. The summed E-state index contributed by atoms with van der Waals surface area (Å²) in [6, 6.07) is 22.3. The molecule has 0 spiro atoms. The summed E-state index contributed by atoms with van der Waals surface area (Å²) in [7, 11) is 0. The van der Waals surface area contributed by atoms with Crippen LogP contribution in [0.3, 0.4) is 0 Å². The molecule has 2 aliphatic rings. The summed E-state index contributed by atoms with van der Waals surface area (Å²) < 4.78 is 0. The number of nitrogens with zero attached hydrogens (tertiary/aromatic N) is 3. The van der Waals surface area contributed by atoms with Gasteiger partial charge < -0.3 is 4.90 Å². The molecule has 174 valence electrons. The predicted molar refractivity (Wildman–Crippen MR) is 140 cm³/mol. The van der Waals surface area contributed by atoms with Crippen LogP contribution in [0.15, 0.2) is 73.1 Å². The summed E-state index contributed by atoms with van der Waals surface area (Å²) in [6.07, 6.45) is 11.5. The number of hydrogen-bond donors (Lipinski definition) is 0. The Hall–Kier alpha value is -2.65. The third-order valence-electron chi connectivity index (χ3n) is 7.05. The lowest BCUT2D eigenvalue weighted by Gasteiger charge is -2.32. The Kier molecular flexibility index (Phi) is 8.54. The van der Waals surface area contributed by atoms with Crippen LogP contribution in [0.1, 0.15) is 56.2 Å². The number of rotatable bonds is 7. The van der Waals surface area contributed by atoms with Gasteiger partial charge in [0.2, 0.25) is 0 Å². The van der Waals surface area contributed by atoms with Crippen molar-refractivity contribution in [1.29, 1.82) is 0 Å². The van der Waals surface area contributed by atoms with Gasteiger partial charge in [0.05, 0.1) is 0 Å². The van der Waals surface area contributed by atoms with Crippen LogP contribution >= 0.6 is 0 Å². The standard InChI is InChI=1S/C28H33N3.C2H6/c1-2-5-25(6-3-1)22-30-18-13-23(14-19-30)7-4-8-24-9-10-28-26(21-24)15-20-31(28)27-11-16-29-17-12-27;1-2/h1-3,5-6,9-12,16-17,21,23H,4,7-8,13-15,18-20,22H2;1-2H3. The molecule has 2 aromatic carbocycles. The van der Waals surface area contributed by atoms with Crippen LogP contribution in [-0.4, -0.2) is 29.5 Å². The predicted octanol–water partition coefficient (Wildman–Crippen LogP) is 7.04. The minimum atomic E-state index is 0.906. The van der Waals surface area contributed by atoms with Crippen molar-refractivity contribution >= 4 is 11.4 Å². The largest absolute Gasteiger partial charge is 0.341 e. The second-order valence-electron chi connectivity index (χ2n) is 9.17. The maximum Gasteiger partial charge on any atom is 0.0444 e. The molecule has 1 aromatic heterocycles. The molecule has 3 aromatic rings. The van der Waals surface area contributed by atoms with Crippen molar-refractivity contribution < 1.29 is 0 Å². The van der Waals surface area contributed by atoms with Gasteiger partial charge in [-0.15, -0.1) is 0 Å². The van der Waals surface area contributed by atoms with Gasteiger partial charge in [-0.1, -0.05) is 62.7 Å². The second-order valence-corrected chi connectivity index (χ2v) is 9.17. The first-order valence-corrected chi connectivity index (χ1v) is 12.9. The normalized spacial score (nSPS) is 16.2. The third kappa shape index (κ3) is 6.23. The minimum absolute atomic E-state index is 0.906. The van der Waals surface area contributed by atoms with Crippen LogP contribution in [0.2, 0.25) is 0 Å². The molecule has 3 heteroatoms. The van der Waals surface area contributed by atoms with E-state index in [4.69, 9.17) is 0 Å². The number of hydrogen-bond acceptors (Lipinski definition) is 3. The zero-order chi connectivity index (χ0) is 22.9. The summed E-state index contributed by atoms with van der Waals surface area (Å²) in [4.78, 5) is 9.20. The molecule has 0 unspecified atom stereocenters. The number of anilines is 2. The molecule has 0 amide bonds. The smallest absolute Gasteiger partial charge is 0.0444 e. The van der Waals surface area contributed by atoms with E-state index in [9.17, 15) is 0 Å². The highest BCUT2D eigenvalue weighted by Crippen LogP contribution is 2.35. The monoisotopic (exact) mass is 441 g/mol. The van der Waals surface area contributed by atoms with Crippen LogP contribution in [-0.2, 0) is 19.4 Å². The van der Waals surface area contributed by atoms with Gasteiger partial charge in [0.25, 0.3) is 0 Å². The Balaban J connectivity index is 0.00000126. The highest BCUT2D eigenvalue weighted by Gasteiger charge is 2.21. The van der Waals surface area contributed by atoms with Gasteiger partial charge in [-0.05, 0) is 86.0 Å². The first-order chi connectivity index (χ1) is 16.3. The first-order valence-electron chi connectivity index (χ1n) is 12.9. The molecule has 3 heterocycles. The van der Waals surface area contributed by atoms with E-state index in [0.717, 1.165) is 25.4 Å². The number of benzene rings is 2. The molecule has 0 saturated carbocycles. The van der Waals surface area contributed by atoms with Crippen LogP contribution in [0, 0.1) is 5.92 Å². The van der Waals surface area contributed by atoms with Gasteiger partial charge in [-0.25, -0.2) is 0 Å². The molecule has 0 radical (unpaired) electrons. The summed E-state index contributed by atoms with van der Waals surface area (Å²) in [6.45, 7) is 8.69. The van der Waals surface area contributed by atoms with E-state index in [0.29, 0.717) is 0 Å². The van der Waals surface area contributed by atoms with Crippen molar-refractivity contribution in [3.63, 3.8) is 0 Å². The Morgan fingerprint density at radius 1 is 0.848 bits per heavy atom. The van der Waals surface area contributed by atoms with Crippen LogP contribution in [0.25, 0.3) is 0 Å². The van der Waals surface area contributed by atoms with Crippen molar-refractivity contribution in [2.24, 2.45) is 5.92 Å². The molecule has 2 aliphatic heterocycles. The van der Waals surface area contributed by atoms with Crippen molar-refractivity contribution in [2.75, 3.05) is 24.5 Å². The van der Waals surface area contributed by atoms with E-state index < -0.39 is 0 Å². The third-order valence-corrected chi connectivity index (χ3v) is 7.05. The van der Waals surface area contributed by atoms with Crippen LogP contribution < -0.4 is 4.90 Å². The summed E-state index contributed by atoms with van der Waals surface area (Å²) >= 11 is 0. The molecular formula is C30H39N3. The fourth-order valence-electron chi connectivity index (χ4n) is 5.27. The molecule has 0 aliphatic carbocycles. The Morgan fingerprint density at radius 2 is 1.61 bits per heavy atom. The fraction of sp³-hybridized carbons (Fsp3) is 0.433. The van der Waals surface area contributed by atoms with Crippen molar-refractivity contribution in [2.45, 2.75) is 58.9 Å². The van der Waals surface area contributed by atoms with Gasteiger partial charge in [-0.2, -0.15) is 0 Å². The minimum Gasteiger partial charge on any atom is -0.341 e. The highest BCUT2D eigenvalue weighted by molar-refractivity contribution is 5.69. The van der Waals surface area contributed by atoms with Crippen molar-refractivity contribution in [3.8, 4) is 0 Å². The lowest BCUT2D eigenvalue weighted by molar-refractivity contribution is 0.171. The quantitative estimate of drug-likeness (QED) is 0.392. The van der Waals surface area contributed by atoms with E-state index in [-0.39, 0.29) is 0 Å². The molecule has 5 rings (SSSR count). The maximum absolute atomic E-state index is 4.15. The van der Waals surface area contributed by atoms with Gasteiger partial charge >= 0.3 is 0 Å². The van der Waals surface area contributed by atoms with E-state index in [1.807, 2.05) is 26.2 Å². The Morgan fingerprint density at radius 3 is 2.36 bits per heavy atom. The number of piperidine rings is 1. The van der Waals surface area contributed by atoms with Crippen molar-refractivity contribution in [3.05, 3.63) is 89.7 Å². The summed E-state index contributed by atoms with van der Waals surface area (Å²) in [5, 5.41) is 0. The zero-order valence-electron chi connectivity index (χ0n) is 20.4. The molecule has 1 fully saturated rings. The summed E-state index contributed by atoms with van der Waals surface area (Å²) in [5.41, 5.74) is 7.08. The van der Waals surface area contributed by atoms with E-state index >= 15 is 0 Å². The lowest BCUT2D eigenvalue weighted by Crippen LogP contribution is -2.33. The number of pyridine rings is 1. The zero-order valence-corrected chi connectivity index (χ0v) is 20.4. The van der Waals surface area contributed by atoms with Crippen molar-refractivity contribution in [1.82, 2.24) is 9.88 Å². The molecule has 1 saturated heterocycles. The van der Waals surface area contributed by atoms with Gasteiger partial charge in [-0.3, -0.25) is 9.88 Å². The molecule has 0 N–H and O–H groups in total. The van der Waals surface area contributed by atoms with Crippen LogP contribution in [0.5, 0.6) is 0 Å². The SMILES string of the molecule is CC.c1ccc(CN2CCC(CCCc3ccc4c(c3)CCN4c3ccncc3)CC2)cc1. The average Bonchev–Trinajstić information content (AvgIpc) is 3.31. The molecule has 3 nitrogen and oxygen atoms in total. The number of aromatic nitrogens is 1. The average molecular weight is 442 g/mol.